The molecule has 1 unspecified atom stereocenters. The van der Waals surface area contributed by atoms with Gasteiger partial charge in [0.2, 0.25) is 5.91 Å². The summed E-state index contributed by atoms with van der Waals surface area (Å²) in [5.41, 5.74) is 0.449. The summed E-state index contributed by atoms with van der Waals surface area (Å²) in [7, 11) is 1.34. The minimum atomic E-state index is -0.394. The van der Waals surface area contributed by atoms with Gasteiger partial charge in [-0.25, -0.2) is 4.79 Å². The number of amides is 1. The lowest BCUT2D eigenvalue weighted by atomic mass is 10.2. The molecule has 1 aliphatic rings. The Bertz CT molecular complexity index is 458. The van der Waals surface area contributed by atoms with Crippen molar-refractivity contribution in [2.24, 2.45) is 0 Å². The zero-order valence-electron chi connectivity index (χ0n) is 10.1. The molecule has 1 aromatic rings. The third kappa shape index (κ3) is 3.00. The monoisotopic (exact) mass is 249 g/mol. The molecule has 1 aliphatic heterocycles. The Labute approximate surface area is 105 Å². The molecule has 1 atom stereocenters. The SMILES string of the molecule is COC(=O)c1cccc(OCC2CCC(=O)N2)c1. The molecule has 0 bridgehead atoms. The first-order valence-electron chi connectivity index (χ1n) is 5.79. The smallest absolute Gasteiger partial charge is 0.337 e. The Balaban J connectivity index is 1.93. The maximum atomic E-state index is 11.3. The molecule has 1 aromatic carbocycles. The third-order valence-corrected chi connectivity index (χ3v) is 2.79. The molecule has 1 amide bonds. The van der Waals surface area contributed by atoms with E-state index >= 15 is 0 Å². The zero-order chi connectivity index (χ0) is 13.0. The van der Waals surface area contributed by atoms with Gasteiger partial charge >= 0.3 is 5.97 Å². The molecule has 0 radical (unpaired) electrons. The van der Waals surface area contributed by atoms with E-state index in [4.69, 9.17) is 4.74 Å². The first-order valence-corrected chi connectivity index (χ1v) is 5.79. The first kappa shape index (κ1) is 12.4. The van der Waals surface area contributed by atoms with Gasteiger partial charge in [-0.3, -0.25) is 4.79 Å². The van der Waals surface area contributed by atoms with Gasteiger partial charge in [-0.2, -0.15) is 0 Å². The van der Waals surface area contributed by atoms with Gasteiger partial charge in [-0.1, -0.05) is 6.07 Å². The Morgan fingerprint density at radius 2 is 2.33 bits per heavy atom. The number of nitrogens with one attached hydrogen (secondary N) is 1. The standard InChI is InChI=1S/C13H15NO4/c1-17-13(16)9-3-2-4-11(7-9)18-8-10-5-6-12(15)14-10/h2-4,7,10H,5-6,8H2,1H3,(H,14,15). The highest BCUT2D eigenvalue weighted by Gasteiger charge is 2.21. The van der Waals surface area contributed by atoms with Gasteiger partial charge in [-0.05, 0) is 24.6 Å². The summed E-state index contributed by atoms with van der Waals surface area (Å²) in [6.45, 7) is 0.413. The van der Waals surface area contributed by atoms with Gasteiger partial charge in [0.25, 0.3) is 0 Å². The number of carbonyl (C=O) groups is 2. The fourth-order valence-electron chi connectivity index (χ4n) is 1.83. The zero-order valence-corrected chi connectivity index (χ0v) is 10.1. The number of hydrogen-bond acceptors (Lipinski definition) is 4. The van der Waals surface area contributed by atoms with E-state index in [0.29, 0.717) is 24.3 Å². The van der Waals surface area contributed by atoms with E-state index < -0.39 is 5.97 Å². The second-order valence-corrected chi connectivity index (χ2v) is 4.13. The molecule has 5 heteroatoms. The predicted octanol–water partition coefficient (Wildman–Crippen LogP) is 1.13. The van der Waals surface area contributed by atoms with Crippen molar-refractivity contribution >= 4 is 11.9 Å². The molecule has 18 heavy (non-hydrogen) atoms. The summed E-state index contributed by atoms with van der Waals surface area (Å²) >= 11 is 0. The van der Waals surface area contributed by atoms with Crippen LogP contribution in [0.15, 0.2) is 24.3 Å². The maximum absolute atomic E-state index is 11.3. The first-order chi connectivity index (χ1) is 8.69. The highest BCUT2D eigenvalue weighted by atomic mass is 16.5. The number of esters is 1. The minimum Gasteiger partial charge on any atom is -0.491 e. The Morgan fingerprint density at radius 1 is 1.50 bits per heavy atom. The quantitative estimate of drug-likeness (QED) is 0.812. The Kier molecular flexibility index (Phi) is 3.82. The number of benzene rings is 1. The van der Waals surface area contributed by atoms with Gasteiger partial charge in [-0.15, -0.1) is 0 Å². The molecule has 0 aromatic heterocycles. The van der Waals surface area contributed by atoms with Crippen LogP contribution in [-0.2, 0) is 9.53 Å². The Morgan fingerprint density at radius 3 is 3.00 bits per heavy atom. The highest BCUT2D eigenvalue weighted by Crippen LogP contribution is 2.15. The number of hydrogen-bond donors (Lipinski definition) is 1. The molecule has 1 saturated heterocycles. The second-order valence-electron chi connectivity index (χ2n) is 4.13. The van der Waals surface area contributed by atoms with E-state index in [1.165, 1.54) is 7.11 Å². The molecule has 5 nitrogen and oxygen atoms in total. The van der Waals surface area contributed by atoms with Crippen molar-refractivity contribution in [3.63, 3.8) is 0 Å². The molecular weight excluding hydrogens is 234 g/mol. The number of carbonyl (C=O) groups excluding carboxylic acids is 2. The van der Waals surface area contributed by atoms with Gasteiger partial charge in [0.15, 0.2) is 0 Å². The predicted molar refractivity (Wildman–Crippen MR) is 64.4 cm³/mol. The average Bonchev–Trinajstić information content (AvgIpc) is 2.81. The summed E-state index contributed by atoms with van der Waals surface area (Å²) in [4.78, 5) is 22.4. The lowest BCUT2D eigenvalue weighted by Gasteiger charge is -2.12. The van der Waals surface area contributed by atoms with Crippen LogP contribution in [0.3, 0.4) is 0 Å². The Hall–Kier alpha value is -2.04. The van der Waals surface area contributed by atoms with Crippen molar-refractivity contribution in [3.05, 3.63) is 29.8 Å². The molecule has 0 saturated carbocycles. The summed E-state index contributed by atoms with van der Waals surface area (Å²) in [6.07, 6.45) is 1.34. The van der Waals surface area contributed by atoms with E-state index in [0.717, 1.165) is 6.42 Å². The summed E-state index contributed by atoms with van der Waals surface area (Å²) < 4.78 is 10.2. The molecular formula is C13H15NO4. The number of ether oxygens (including phenoxy) is 2. The second kappa shape index (κ2) is 5.53. The minimum absolute atomic E-state index is 0.0549. The van der Waals surface area contributed by atoms with Crippen LogP contribution in [0.25, 0.3) is 0 Å². The highest BCUT2D eigenvalue weighted by molar-refractivity contribution is 5.89. The van der Waals surface area contributed by atoms with Crippen LogP contribution >= 0.6 is 0 Å². The van der Waals surface area contributed by atoms with Crippen molar-refractivity contribution in [2.45, 2.75) is 18.9 Å². The fourth-order valence-corrected chi connectivity index (χ4v) is 1.83. The van der Waals surface area contributed by atoms with E-state index in [9.17, 15) is 9.59 Å². The van der Waals surface area contributed by atoms with Crippen molar-refractivity contribution in [1.29, 1.82) is 0 Å². The van der Waals surface area contributed by atoms with Crippen molar-refractivity contribution in [2.75, 3.05) is 13.7 Å². The average molecular weight is 249 g/mol. The molecule has 0 aliphatic carbocycles. The van der Waals surface area contributed by atoms with Crippen molar-refractivity contribution in [1.82, 2.24) is 5.32 Å². The number of rotatable bonds is 4. The molecule has 0 spiro atoms. The van der Waals surface area contributed by atoms with E-state index in [-0.39, 0.29) is 11.9 Å². The molecule has 2 rings (SSSR count). The summed E-state index contributed by atoms with van der Waals surface area (Å²) in [6, 6.07) is 6.84. The topological polar surface area (TPSA) is 64.6 Å². The lowest BCUT2D eigenvalue weighted by Crippen LogP contribution is -2.30. The largest absolute Gasteiger partial charge is 0.491 e. The van der Waals surface area contributed by atoms with Crippen molar-refractivity contribution < 1.29 is 19.1 Å². The van der Waals surface area contributed by atoms with Gasteiger partial charge in [0.05, 0.1) is 18.7 Å². The maximum Gasteiger partial charge on any atom is 0.337 e. The molecule has 1 heterocycles. The molecule has 96 valence electrons. The van der Waals surface area contributed by atoms with Crippen LogP contribution in [0.1, 0.15) is 23.2 Å². The third-order valence-electron chi connectivity index (χ3n) is 2.79. The summed E-state index contributed by atoms with van der Waals surface area (Å²) in [5.74, 6) is 0.264. The van der Waals surface area contributed by atoms with Crippen LogP contribution < -0.4 is 10.1 Å². The molecule has 1 fully saturated rings. The van der Waals surface area contributed by atoms with E-state index in [2.05, 4.69) is 10.1 Å². The van der Waals surface area contributed by atoms with E-state index in [1.54, 1.807) is 24.3 Å². The van der Waals surface area contributed by atoms with Crippen LogP contribution in [0.4, 0.5) is 0 Å². The number of methoxy groups -OCH3 is 1. The summed E-state index contributed by atoms with van der Waals surface area (Å²) in [5, 5.41) is 2.82. The van der Waals surface area contributed by atoms with Gasteiger partial charge < -0.3 is 14.8 Å². The van der Waals surface area contributed by atoms with Gasteiger partial charge in [0.1, 0.15) is 12.4 Å². The van der Waals surface area contributed by atoms with Crippen molar-refractivity contribution in [3.8, 4) is 5.75 Å². The van der Waals surface area contributed by atoms with Gasteiger partial charge in [0, 0.05) is 6.42 Å². The van der Waals surface area contributed by atoms with Crippen LogP contribution in [-0.4, -0.2) is 31.6 Å². The van der Waals surface area contributed by atoms with Crippen LogP contribution in [0.5, 0.6) is 5.75 Å². The van der Waals surface area contributed by atoms with E-state index in [1.807, 2.05) is 0 Å². The normalized spacial score (nSPS) is 18.3. The van der Waals surface area contributed by atoms with Crippen LogP contribution in [0, 0.1) is 0 Å². The fraction of sp³-hybridized carbons (Fsp3) is 0.385. The molecule has 1 N–H and O–H groups in total. The van der Waals surface area contributed by atoms with Crippen LogP contribution in [0.2, 0.25) is 0 Å². The lowest BCUT2D eigenvalue weighted by molar-refractivity contribution is -0.119.